The van der Waals surface area contributed by atoms with E-state index in [0.29, 0.717) is 0 Å². The number of carbonyl (C=O) groups is 1. The van der Waals surface area contributed by atoms with Crippen molar-refractivity contribution >= 4 is 11.5 Å². The van der Waals surface area contributed by atoms with Crippen molar-refractivity contribution < 1.29 is 13.6 Å². The second-order valence-electron chi connectivity index (χ2n) is 4.71. The Morgan fingerprint density at radius 2 is 1.50 bits per heavy atom. The molecule has 0 heterocycles. The number of hydrogen-bond donors (Lipinski definition) is 0. The molecule has 0 amide bonds. The van der Waals surface area contributed by atoms with Crippen molar-refractivity contribution in [1.29, 1.82) is 0 Å². The smallest absolute Gasteiger partial charge is 0.334 e. The Hall–Kier alpha value is -2.23. The number of ketones is 1. The zero-order valence-corrected chi connectivity index (χ0v) is 11.3. The molecule has 0 aliphatic rings. The normalized spacial score (nSPS) is 11.2. The highest BCUT2D eigenvalue weighted by Crippen LogP contribution is 2.32. The van der Waals surface area contributed by atoms with Gasteiger partial charge in [0.05, 0.1) is 0 Å². The summed E-state index contributed by atoms with van der Waals surface area (Å²) in [5.41, 5.74) is 0.565. The van der Waals surface area contributed by atoms with Gasteiger partial charge in [-0.15, -0.1) is 0 Å². The average Bonchev–Trinajstić information content (AvgIpc) is 2.47. The topological polar surface area (TPSA) is 20.3 Å². The lowest BCUT2D eigenvalue weighted by molar-refractivity contribution is 0.00743. The van der Waals surface area contributed by atoms with Gasteiger partial charge in [0.2, 0.25) is 5.78 Å². The number of Topliss-reactive ketones (excluding diaryl/α,β-unsaturated/α-hetero) is 1. The summed E-state index contributed by atoms with van der Waals surface area (Å²) in [4.78, 5) is 13.8. The van der Waals surface area contributed by atoms with E-state index in [4.69, 9.17) is 0 Å². The third kappa shape index (κ3) is 2.69. The van der Waals surface area contributed by atoms with Crippen LogP contribution in [0.1, 0.15) is 15.9 Å². The van der Waals surface area contributed by atoms with Gasteiger partial charge in [-0.05, 0) is 24.3 Å². The van der Waals surface area contributed by atoms with Crippen molar-refractivity contribution in [3.63, 3.8) is 0 Å². The van der Waals surface area contributed by atoms with Crippen LogP contribution in [0.4, 0.5) is 14.5 Å². The highest BCUT2D eigenvalue weighted by Gasteiger charge is 2.41. The molecule has 0 radical (unpaired) electrons. The van der Waals surface area contributed by atoms with Crippen molar-refractivity contribution in [1.82, 2.24) is 0 Å². The predicted molar refractivity (Wildman–Crippen MR) is 75.4 cm³/mol. The number of nitrogens with zero attached hydrogens (tertiary/aromatic N) is 1. The number of rotatable bonds is 4. The largest absolute Gasteiger partial charge is 0.378 e. The zero-order chi connectivity index (χ0) is 14.8. The molecule has 4 heteroatoms. The lowest BCUT2D eigenvalue weighted by atomic mass is 9.99. The minimum absolute atomic E-state index is 0.00412. The van der Waals surface area contributed by atoms with Crippen LogP contribution in [0.3, 0.4) is 0 Å². The molecule has 20 heavy (non-hydrogen) atoms. The summed E-state index contributed by atoms with van der Waals surface area (Å²) in [5.74, 6) is -4.70. The van der Waals surface area contributed by atoms with Crippen LogP contribution in [0.25, 0.3) is 0 Å². The van der Waals surface area contributed by atoms with Gasteiger partial charge >= 0.3 is 5.92 Å². The number of halogens is 2. The molecule has 2 nitrogen and oxygen atoms in total. The van der Waals surface area contributed by atoms with Crippen molar-refractivity contribution in [2.24, 2.45) is 0 Å². The highest BCUT2D eigenvalue weighted by molar-refractivity contribution is 6.02. The van der Waals surface area contributed by atoms with E-state index in [2.05, 4.69) is 0 Å². The zero-order valence-electron chi connectivity index (χ0n) is 11.3. The molecular weight excluding hydrogens is 260 g/mol. The van der Waals surface area contributed by atoms with Gasteiger partial charge in [0.1, 0.15) is 0 Å². The maximum atomic E-state index is 14.1. The van der Waals surface area contributed by atoms with Crippen molar-refractivity contribution in [3.8, 4) is 0 Å². The van der Waals surface area contributed by atoms with Crippen LogP contribution in [-0.2, 0) is 5.92 Å². The van der Waals surface area contributed by atoms with Crippen molar-refractivity contribution in [2.75, 3.05) is 19.0 Å². The summed E-state index contributed by atoms with van der Waals surface area (Å²) in [6.45, 7) is 0. The fourth-order valence-electron chi connectivity index (χ4n) is 1.87. The monoisotopic (exact) mass is 275 g/mol. The molecule has 0 saturated carbocycles. The van der Waals surface area contributed by atoms with E-state index in [0.717, 1.165) is 5.69 Å². The Bertz CT molecular complexity index is 592. The average molecular weight is 275 g/mol. The molecule has 0 saturated heterocycles. The first-order valence-corrected chi connectivity index (χ1v) is 6.18. The summed E-state index contributed by atoms with van der Waals surface area (Å²) in [6.07, 6.45) is 0. The summed E-state index contributed by atoms with van der Waals surface area (Å²) in [6, 6.07) is 13.3. The molecule has 0 aliphatic heterocycles. The summed E-state index contributed by atoms with van der Waals surface area (Å²) >= 11 is 0. The van der Waals surface area contributed by atoms with E-state index in [9.17, 15) is 13.6 Å². The van der Waals surface area contributed by atoms with E-state index in [-0.39, 0.29) is 11.1 Å². The molecule has 0 unspecified atom stereocenters. The van der Waals surface area contributed by atoms with Gasteiger partial charge in [0, 0.05) is 30.9 Å². The standard InChI is InChI=1S/C16H15F2NO/c1-19(2)14-10-8-12(9-11-14)15(20)16(17,18)13-6-4-3-5-7-13/h3-11H,1-2H3. The fraction of sp³-hybridized carbons (Fsp3) is 0.188. The van der Waals surface area contributed by atoms with E-state index in [1.807, 2.05) is 19.0 Å². The first-order chi connectivity index (χ1) is 9.43. The van der Waals surface area contributed by atoms with Crippen LogP contribution in [0.15, 0.2) is 54.6 Å². The van der Waals surface area contributed by atoms with Crippen LogP contribution in [0.5, 0.6) is 0 Å². The molecular formula is C16H15F2NO. The summed E-state index contributed by atoms with van der Waals surface area (Å²) in [7, 11) is 3.69. The maximum Gasteiger partial charge on any atom is 0.334 e. The molecule has 2 aromatic rings. The van der Waals surface area contributed by atoms with E-state index in [1.165, 1.54) is 36.4 Å². The third-order valence-electron chi connectivity index (χ3n) is 3.07. The Balaban J connectivity index is 2.31. The number of anilines is 1. The Kier molecular flexibility index (Phi) is 3.84. The van der Waals surface area contributed by atoms with Crippen LogP contribution in [-0.4, -0.2) is 19.9 Å². The Morgan fingerprint density at radius 3 is 2.00 bits per heavy atom. The van der Waals surface area contributed by atoms with Crippen LogP contribution >= 0.6 is 0 Å². The van der Waals surface area contributed by atoms with Gasteiger partial charge in [0.25, 0.3) is 0 Å². The highest BCUT2D eigenvalue weighted by atomic mass is 19.3. The summed E-state index contributed by atoms with van der Waals surface area (Å²) in [5, 5.41) is 0. The molecule has 0 fully saturated rings. The second kappa shape index (κ2) is 5.41. The van der Waals surface area contributed by atoms with Crippen LogP contribution < -0.4 is 4.90 Å². The Labute approximate surface area is 116 Å². The third-order valence-corrected chi connectivity index (χ3v) is 3.07. The predicted octanol–water partition coefficient (Wildman–Crippen LogP) is 3.73. The molecule has 2 aromatic carbocycles. The number of carbonyl (C=O) groups excluding carboxylic acids is 1. The minimum atomic E-state index is -3.51. The van der Waals surface area contributed by atoms with Crippen molar-refractivity contribution in [3.05, 3.63) is 65.7 Å². The molecule has 0 atom stereocenters. The van der Waals surface area contributed by atoms with E-state index < -0.39 is 11.7 Å². The molecule has 0 N–H and O–H groups in total. The first-order valence-electron chi connectivity index (χ1n) is 6.18. The minimum Gasteiger partial charge on any atom is -0.378 e. The maximum absolute atomic E-state index is 14.1. The van der Waals surface area contributed by atoms with E-state index >= 15 is 0 Å². The fourth-order valence-corrected chi connectivity index (χ4v) is 1.87. The van der Waals surface area contributed by atoms with Gasteiger partial charge in [-0.2, -0.15) is 8.78 Å². The molecule has 2 rings (SSSR count). The Morgan fingerprint density at radius 1 is 0.950 bits per heavy atom. The molecule has 0 aliphatic carbocycles. The molecule has 0 bridgehead atoms. The van der Waals surface area contributed by atoms with Gasteiger partial charge in [-0.3, -0.25) is 4.79 Å². The van der Waals surface area contributed by atoms with Gasteiger partial charge in [0.15, 0.2) is 0 Å². The van der Waals surface area contributed by atoms with Crippen molar-refractivity contribution in [2.45, 2.75) is 5.92 Å². The lowest BCUT2D eigenvalue weighted by Gasteiger charge is -2.16. The molecule has 0 spiro atoms. The second-order valence-corrected chi connectivity index (χ2v) is 4.71. The van der Waals surface area contributed by atoms with E-state index in [1.54, 1.807) is 18.2 Å². The number of benzene rings is 2. The molecule has 104 valence electrons. The number of hydrogen-bond acceptors (Lipinski definition) is 2. The SMILES string of the molecule is CN(C)c1ccc(C(=O)C(F)(F)c2ccccc2)cc1. The van der Waals surface area contributed by atoms with Crippen LogP contribution in [0, 0.1) is 0 Å². The number of alkyl halides is 2. The summed E-state index contributed by atoms with van der Waals surface area (Å²) < 4.78 is 28.3. The van der Waals surface area contributed by atoms with Gasteiger partial charge in [-0.25, -0.2) is 0 Å². The lowest BCUT2D eigenvalue weighted by Crippen LogP contribution is -2.26. The van der Waals surface area contributed by atoms with Gasteiger partial charge < -0.3 is 4.90 Å². The van der Waals surface area contributed by atoms with Crippen LogP contribution in [0.2, 0.25) is 0 Å². The first kappa shape index (κ1) is 14.2. The van der Waals surface area contributed by atoms with Gasteiger partial charge in [-0.1, -0.05) is 30.3 Å². The molecule has 0 aromatic heterocycles. The quantitative estimate of drug-likeness (QED) is 0.792.